The Bertz CT molecular complexity index is 771. The number of sulfonamides is 1. The lowest BCUT2D eigenvalue weighted by Gasteiger charge is -2.29. The van der Waals surface area contributed by atoms with Gasteiger partial charge in [-0.3, -0.25) is 4.79 Å². The molecule has 0 saturated carbocycles. The zero-order valence-electron chi connectivity index (χ0n) is 19.6. The summed E-state index contributed by atoms with van der Waals surface area (Å²) in [7, 11) is -3.66. The summed E-state index contributed by atoms with van der Waals surface area (Å²) >= 11 is 0. The molecular formula is C23H40N4O3S. The van der Waals surface area contributed by atoms with Crippen molar-refractivity contribution < 1.29 is 13.2 Å². The molecule has 1 aromatic rings. The molecule has 0 unspecified atom stereocenters. The average molecular weight is 453 g/mol. The molecule has 1 amide bonds. The fourth-order valence-electron chi connectivity index (χ4n) is 3.86. The highest BCUT2D eigenvalue weighted by Gasteiger charge is 2.26. The number of amides is 1. The predicted octanol–water partition coefficient (Wildman–Crippen LogP) is 2.04. The van der Waals surface area contributed by atoms with Crippen molar-refractivity contribution in [2.45, 2.75) is 45.4 Å². The first kappa shape index (κ1) is 25.8. The summed E-state index contributed by atoms with van der Waals surface area (Å²) in [5.74, 6) is 0.542. The van der Waals surface area contributed by atoms with E-state index < -0.39 is 10.0 Å². The fraction of sp³-hybridized carbons (Fsp3) is 0.696. The first-order valence-corrected chi connectivity index (χ1v) is 13.0. The molecule has 2 rings (SSSR count). The lowest BCUT2D eigenvalue weighted by atomic mass is 10.0. The Hall–Kier alpha value is -1.48. The average Bonchev–Trinajstić information content (AvgIpc) is 2.76. The van der Waals surface area contributed by atoms with Crippen molar-refractivity contribution in [3.05, 3.63) is 29.8 Å². The topological polar surface area (TPSA) is 73.0 Å². The van der Waals surface area contributed by atoms with Gasteiger partial charge in [-0.1, -0.05) is 39.8 Å². The van der Waals surface area contributed by atoms with Crippen molar-refractivity contribution in [1.29, 1.82) is 0 Å². The molecule has 31 heavy (non-hydrogen) atoms. The maximum atomic E-state index is 13.4. The first-order valence-electron chi connectivity index (χ1n) is 11.6. The highest BCUT2D eigenvalue weighted by molar-refractivity contribution is 7.89. The second-order valence-electron chi connectivity index (χ2n) is 8.55. The molecule has 1 aliphatic rings. The second-order valence-corrected chi connectivity index (χ2v) is 10.5. The number of nitrogens with one attached hydrogen (secondary N) is 1. The van der Waals surface area contributed by atoms with Crippen molar-refractivity contribution in [3.63, 3.8) is 0 Å². The minimum atomic E-state index is -3.66. The number of benzene rings is 1. The third kappa shape index (κ3) is 7.86. The van der Waals surface area contributed by atoms with E-state index >= 15 is 0 Å². The van der Waals surface area contributed by atoms with Crippen LogP contribution in [0.25, 0.3) is 0 Å². The standard InChI is InChI=1S/C23H40N4O3S/c1-5-25(6-2)17-18-27(14-11-23(28)26-15-12-24-13-16-26)31(29,30)22-9-7-21(8-10-22)19-20(3)4/h7-10,20,24H,5-6,11-19H2,1-4H3. The second kappa shape index (κ2) is 12.5. The predicted molar refractivity (Wildman–Crippen MR) is 126 cm³/mol. The summed E-state index contributed by atoms with van der Waals surface area (Å²) in [4.78, 5) is 17.0. The first-order chi connectivity index (χ1) is 14.8. The summed E-state index contributed by atoms with van der Waals surface area (Å²) in [5, 5.41) is 3.24. The molecule has 1 aliphatic heterocycles. The summed E-state index contributed by atoms with van der Waals surface area (Å²) in [5.41, 5.74) is 1.14. The molecule has 0 aliphatic carbocycles. The van der Waals surface area contributed by atoms with Gasteiger partial charge in [-0.15, -0.1) is 0 Å². The van der Waals surface area contributed by atoms with Gasteiger partial charge in [0.05, 0.1) is 4.90 Å². The Morgan fingerprint density at radius 3 is 2.19 bits per heavy atom. The Morgan fingerprint density at radius 2 is 1.65 bits per heavy atom. The largest absolute Gasteiger partial charge is 0.340 e. The third-order valence-electron chi connectivity index (χ3n) is 5.81. The molecule has 0 spiro atoms. The van der Waals surface area contributed by atoms with E-state index in [4.69, 9.17) is 0 Å². The lowest BCUT2D eigenvalue weighted by molar-refractivity contribution is -0.131. The molecule has 1 aromatic carbocycles. The van der Waals surface area contributed by atoms with Crippen LogP contribution >= 0.6 is 0 Å². The zero-order valence-corrected chi connectivity index (χ0v) is 20.5. The van der Waals surface area contributed by atoms with Crippen LogP contribution in [0.1, 0.15) is 39.7 Å². The lowest BCUT2D eigenvalue weighted by Crippen LogP contribution is -2.47. The van der Waals surface area contributed by atoms with Gasteiger partial charge in [0.2, 0.25) is 15.9 Å². The van der Waals surface area contributed by atoms with Crippen LogP contribution in [0.2, 0.25) is 0 Å². The molecule has 1 heterocycles. The van der Waals surface area contributed by atoms with Gasteiger partial charge in [0, 0.05) is 52.2 Å². The van der Waals surface area contributed by atoms with Crippen LogP contribution in [0.15, 0.2) is 29.2 Å². The van der Waals surface area contributed by atoms with Crippen LogP contribution < -0.4 is 5.32 Å². The van der Waals surface area contributed by atoms with Gasteiger partial charge < -0.3 is 15.1 Å². The van der Waals surface area contributed by atoms with E-state index in [9.17, 15) is 13.2 Å². The number of nitrogens with zero attached hydrogens (tertiary/aromatic N) is 3. The molecule has 7 nitrogen and oxygen atoms in total. The van der Waals surface area contributed by atoms with Crippen molar-refractivity contribution in [2.75, 3.05) is 58.9 Å². The third-order valence-corrected chi connectivity index (χ3v) is 7.72. The van der Waals surface area contributed by atoms with Gasteiger partial charge in [0.1, 0.15) is 0 Å². The van der Waals surface area contributed by atoms with Gasteiger partial charge in [-0.25, -0.2) is 8.42 Å². The molecule has 0 radical (unpaired) electrons. The van der Waals surface area contributed by atoms with Crippen LogP contribution in [0.4, 0.5) is 0 Å². The van der Waals surface area contributed by atoms with Crippen molar-refractivity contribution in [2.24, 2.45) is 5.92 Å². The van der Waals surface area contributed by atoms with Crippen molar-refractivity contribution in [3.8, 4) is 0 Å². The summed E-state index contributed by atoms with van der Waals surface area (Å²) in [6.45, 7) is 14.4. The van der Waals surface area contributed by atoms with Crippen LogP contribution in [-0.4, -0.2) is 87.3 Å². The monoisotopic (exact) mass is 452 g/mol. The van der Waals surface area contributed by atoms with E-state index in [1.807, 2.05) is 17.0 Å². The normalized spacial score (nSPS) is 15.3. The molecule has 176 valence electrons. The van der Waals surface area contributed by atoms with Gasteiger partial charge >= 0.3 is 0 Å². The van der Waals surface area contributed by atoms with Crippen molar-refractivity contribution >= 4 is 15.9 Å². The van der Waals surface area contributed by atoms with Crippen LogP contribution in [0.5, 0.6) is 0 Å². The Balaban J connectivity index is 2.13. The SMILES string of the molecule is CCN(CC)CCN(CCC(=O)N1CCNCC1)S(=O)(=O)c1ccc(CC(C)C)cc1. The van der Waals surface area contributed by atoms with Gasteiger partial charge in [-0.2, -0.15) is 4.31 Å². The number of likely N-dealkylation sites (N-methyl/N-ethyl adjacent to an activating group) is 1. The Kier molecular flexibility index (Phi) is 10.4. The number of carbonyl (C=O) groups excluding carboxylic acids is 1. The molecule has 8 heteroatoms. The summed E-state index contributed by atoms with van der Waals surface area (Å²) in [6, 6.07) is 7.22. The van der Waals surface area contributed by atoms with E-state index in [1.165, 1.54) is 4.31 Å². The van der Waals surface area contributed by atoms with E-state index in [-0.39, 0.29) is 18.9 Å². The highest BCUT2D eigenvalue weighted by Crippen LogP contribution is 2.19. The maximum Gasteiger partial charge on any atom is 0.243 e. The minimum Gasteiger partial charge on any atom is -0.340 e. The number of rotatable bonds is 12. The van der Waals surface area contributed by atoms with Gasteiger partial charge in [0.25, 0.3) is 0 Å². The molecule has 0 bridgehead atoms. The van der Waals surface area contributed by atoms with E-state index in [2.05, 4.69) is 37.9 Å². The van der Waals surface area contributed by atoms with Crippen molar-refractivity contribution in [1.82, 2.24) is 19.4 Å². The van der Waals surface area contributed by atoms with Gasteiger partial charge in [-0.05, 0) is 43.1 Å². The van der Waals surface area contributed by atoms with Crippen LogP contribution in [-0.2, 0) is 21.2 Å². The van der Waals surface area contributed by atoms with Crippen LogP contribution in [0.3, 0.4) is 0 Å². The quantitative estimate of drug-likeness (QED) is 0.525. The molecule has 0 atom stereocenters. The molecular weight excluding hydrogens is 412 g/mol. The summed E-state index contributed by atoms with van der Waals surface area (Å²) in [6.07, 6.45) is 1.13. The number of carbonyl (C=O) groups is 1. The molecule has 0 aromatic heterocycles. The van der Waals surface area contributed by atoms with Crippen LogP contribution in [0, 0.1) is 5.92 Å². The smallest absolute Gasteiger partial charge is 0.243 e. The number of piperazine rings is 1. The highest BCUT2D eigenvalue weighted by atomic mass is 32.2. The number of hydrogen-bond donors (Lipinski definition) is 1. The minimum absolute atomic E-state index is 0.0248. The fourth-order valence-corrected chi connectivity index (χ4v) is 5.29. The Labute approximate surface area is 188 Å². The van der Waals surface area contributed by atoms with E-state index in [0.717, 1.165) is 38.2 Å². The molecule has 1 N–H and O–H groups in total. The Morgan fingerprint density at radius 1 is 1.03 bits per heavy atom. The molecule has 1 fully saturated rings. The van der Waals surface area contributed by atoms with E-state index in [1.54, 1.807) is 12.1 Å². The van der Waals surface area contributed by atoms with Gasteiger partial charge in [0.15, 0.2) is 0 Å². The zero-order chi connectivity index (χ0) is 22.9. The summed E-state index contributed by atoms with van der Waals surface area (Å²) < 4.78 is 28.3. The number of hydrogen-bond acceptors (Lipinski definition) is 5. The maximum absolute atomic E-state index is 13.4. The molecule has 1 saturated heterocycles. The van der Waals surface area contributed by atoms with E-state index in [0.29, 0.717) is 37.0 Å².